The Balaban J connectivity index is 2.04. The van der Waals surface area contributed by atoms with Crippen molar-refractivity contribution in [3.8, 4) is 0 Å². The van der Waals surface area contributed by atoms with Crippen LogP contribution in [0.2, 0.25) is 0 Å². The van der Waals surface area contributed by atoms with Gasteiger partial charge in [0.05, 0.1) is 17.9 Å². The Hall–Kier alpha value is -1.19. The fraction of sp³-hybridized carbons (Fsp3) is 0.556. The van der Waals surface area contributed by atoms with E-state index in [0.717, 1.165) is 23.5 Å². The van der Waals surface area contributed by atoms with Crippen LogP contribution in [0.3, 0.4) is 0 Å². The van der Waals surface area contributed by atoms with E-state index in [1.54, 1.807) is 0 Å². The number of thiazole rings is 1. The highest BCUT2D eigenvalue weighted by atomic mass is 32.2. The largest absolute Gasteiger partial charge is 0.481 e. The first-order valence-electron chi connectivity index (χ1n) is 5.38. The molecule has 3 N–H and O–H groups in total. The molecule has 100 valence electrons. The zero-order valence-electron chi connectivity index (χ0n) is 9.47. The zero-order chi connectivity index (χ0) is 13.2. The van der Waals surface area contributed by atoms with E-state index in [0.29, 0.717) is 11.7 Å². The number of rotatable bonds is 5. The van der Waals surface area contributed by atoms with Gasteiger partial charge >= 0.3 is 5.97 Å². The summed E-state index contributed by atoms with van der Waals surface area (Å²) in [6.07, 6.45) is 0.366. The number of nitrogens with one attached hydrogen (secondary N) is 2. The molecule has 7 nitrogen and oxygen atoms in total. The van der Waals surface area contributed by atoms with Crippen molar-refractivity contribution < 1.29 is 18.3 Å². The Morgan fingerprint density at radius 3 is 3.00 bits per heavy atom. The molecule has 0 aromatic carbocycles. The molecule has 0 aliphatic carbocycles. The molecule has 18 heavy (non-hydrogen) atoms. The van der Waals surface area contributed by atoms with Crippen LogP contribution in [0.25, 0.3) is 0 Å². The number of aliphatic carboxylic acids is 1. The van der Waals surface area contributed by atoms with Gasteiger partial charge in [0, 0.05) is 24.4 Å². The number of carboxylic acid groups (broad SMARTS) is 1. The lowest BCUT2D eigenvalue weighted by atomic mass is 10.2. The number of carbonyl (C=O) groups is 1. The molecule has 0 atom stereocenters. The fourth-order valence-electron chi connectivity index (χ4n) is 1.57. The van der Waals surface area contributed by atoms with Crippen LogP contribution >= 0.6 is 11.3 Å². The van der Waals surface area contributed by atoms with Gasteiger partial charge in [-0.15, -0.1) is 0 Å². The highest BCUT2D eigenvalue weighted by Crippen LogP contribution is 2.26. The standard InChI is InChI=1S/C9H13N3O4S2/c13-8(14)2-4-18(15,16)12-9-11-6-1-3-10-5-7(6)17-9/h10H,1-5H2,(H,11,12)(H,13,14). The molecule has 1 aliphatic heterocycles. The van der Waals surface area contributed by atoms with Gasteiger partial charge in [0.15, 0.2) is 5.13 Å². The molecule has 9 heteroatoms. The van der Waals surface area contributed by atoms with Crippen LogP contribution in [0, 0.1) is 0 Å². The van der Waals surface area contributed by atoms with Gasteiger partial charge in [-0.05, 0) is 0 Å². The Morgan fingerprint density at radius 2 is 2.33 bits per heavy atom. The molecular formula is C9H13N3O4S2. The molecule has 2 rings (SSSR count). The summed E-state index contributed by atoms with van der Waals surface area (Å²) in [4.78, 5) is 15.6. The highest BCUT2D eigenvalue weighted by molar-refractivity contribution is 7.92. The lowest BCUT2D eigenvalue weighted by molar-refractivity contribution is -0.136. The number of sulfonamides is 1. The van der Waals surface area contributed by atoms with E-state index in [1.165, 1.54) is 11.3 Å². The summed E-state index contributed by atoms with van der Waals surface area (Å²) >= 11 is 1.29. The second kappa shape index (κ2) is 5.21. The maximum absolute atomic E-state index is 11.6. The number of hydrogen-bond acceptors (Lipinski definition) is 6. The van der Waals surface area contributed by atoms with Gasteiger partial charge in [0.25, 0.3) is 0 Å². The predicted molar refractivity (Wildman–Crippen MR) is 67.2 cm³/mol. The Labute approximate surface area is 108 Å². The van der Waals surface area contributed by atoms with E-state index in [2.05, 4.69) is 15.0 Å². The average Bonchev–Trinajstić information content (AvgIpc) is 2.67. The second-order valence-electron chi connectivity index (χ2n) is 3.88. The summed E-state index contributed by atoms with van der Waals surface area (Å²) < 4.78 is 25.5. The van der Waals surface area contributed by atoms with E-state index in [4.69, 9.17) is 5.11 Å². The molecule has 0 amide bonds. The smallest absolute Gasteiger partial charge is 0.304 e. The van der Waals surface area contributed by atoms with Crippen LogP contribution in [0.4, 0.5) is 5.13 Å². The van der Waals surface area contributed by atoms with Gasteiger partial charge < -0.3 is 10.4 Å². The van der Waals surface area contributed by atoms with Crippen LogP contribution in [-0.4, -0.2) is 36.8 Å². The van der Waals surface area contributed by atoms with Crippen molar-refractivity contribution in [1.82, 2.24) is 10.3 Å². The SMILES string of the molecule is O=C(O)CCS(=O)(=O)Nc1nc2c(s1)CNCC2. The third kappa shape index (κ3) is 3.40. The second-order valence-corrected chi connectivity index (χ2v) is 6.81. The predicted octanol–water partition coefficient (Wildman–Crippen LogP) is 0.00520. The molecule has 1 aromatic rings. The topological polar surface area (TPSA) is 108 Å². The lowest BCUT2D eigenvalue weighted by Crippen LogP contribution is -2.22. The van der Waals surface area contributed by atoms with Gasteiger partial charge in [-0.1, -0.05) is 11.3 Å². The molecule has 0 fully saturated rings. The third-order valence-electron chi connectivity index (χ3n) is 2.43. The van der Waals surface area contributed by atoms with Crippen molar-refractivity contribution in [2.75, 3.05) is 17.0 Å². The van der Waals surface area contributed by atoms with Gasteiger partial charge in [0.1, 0.15) is 0 Å². The number of carboxylic acids is 1. The molecule has 1 aliphatic rings. The van der Waals surface area contributed by atoms with E-state index in [1.807, 2.05) is 0 Å². The van der Waals surface area contributed by atoms with Crippen LogP contribution < -0.4 is 10.0 Å². The highest BCUT2D eigenvalue weighted by Gasteiger charge is 2.19. The maximum atomic E-state index is 11.6. The molecule has 0 radical (unpaired) electrons. The van der Waals surface area contributed by atoms with Crippen LogP contribution in [0.5, 0.6) is 0 Å². The van der Waals surface area contributed by atoms with Crippen LogP contribution in [0.15, 0.2) is 0 Å². The normalized spacial score (nSPS) is 15.1. The average molecular weight is 291 g/mol. The minimum absolute atomic E-state index is 0.314. The van der Waals surface area contributed by atoms with Crippen molar-refractivity contribution in [3.05, 3.63) is 10.6 Å². The quantitative estimate of drug-likeness (QED) is 0.705. The van der Waals surface area contributed by atoms with Crippen LogP contribution in [-0.2, 0) is 27.8 Å². The first-order chi connectivity index (χ1) is 8.46. The van der Waals surface area contributed by atoms with E-state index in [-0.39, 0.29) is 0 Å². The van der Waals surface area contributed by atoms with Gasteiger partial charge in [-0.3, -0.25) is 9.52 Å². The minimum atomic E-state index is -3.63. The maximum Gasteiger partial charge on any atom is 0.304 e. The Kier molecular flexibility index (Phi) is 3.83. The number of nitrogens with zero attached hydrogens (tertiary/aromatic N) is 1. The number of aromatic nitrogens is 1. The monoisotopic (exact) mass is 291 g/mol. The Bertz CT molecular complexity index is 529. The van der Waals surface area contributed by atoms with Gasteiger partial charge in [0.2, 0.25) is 10.0 Å². The van der Waals surface area contributed by atoms with Gasteiger partial charge in [-0.2, -0.15) is 0 Å². The van der Waals surface area contributed by atoms with Crippen molar-refractivity contribution in [1.29, 1.82) is 0 Å². The van der Waals surface area contributed by atoms with E-state index in [9.17, 15) is 13.2 Å². The molecule has 0 spiro atoms. The lowest BCUT2D eigenvalue weighted by Gasteiger charge is -2.09. The van der Waals surface area contributed by atoms with Gasteiger partial charge in [-0.25, -0.2) is 13.4 Å². The Morgan fingerprint density at radius 1 is 1.56 bits per heavy atom. The van der Waals surface area contributed by atoms with Crippen molar-refractivity contribution in [3.63, 3.8) is 0 Å². The van der Waals surface area contributed by atoms with Crippen molar-refractivity contribution in [2.24, 2.45) is 0 Å². The summed E-state index contributed by atoms with van der Waals surface area (Å²) in [5, 5.41) is 11.9. The fourth-order valence-corrected chi connectivity index (χ4v) is 3.81. The summed E-state index contributed by atoms with van der Waals surface area (Å²) in [5.41, 5.74) is 0.912. The molecule has 1 aromatic heterocycles. The van der Waals surface area contributed by atoms with E-state index >= 15 is 0 Å². The summed E-state index contributed by atoms with van der Waals surface area (Å²) in [6, 6.07) is 0. The minimum Gasteiger partial charge on any atom is -0.481 e. The number of fused-ring (bicyclic) bond motifs is 1. The zero-order valence-corrected chi connectivity index (χ0v) is 11.1. The third-order valence-corrected chi connectivity index (χ3v) is 4.82. The molecular weight excluding hydrogens is 278 g/mol. The van der Waals surface area contributed by atoms with E-state index < -0.39 is 28.2 Å². The molecule has 0 unspecified atom stereocenters. The number of hydrogen-bond donors (Lipinski definition) is 3. The summed E-state index contributed by atoms with van der Waals surface area (Å²) in [7, 11) is -3.63. The molecule has 0 saturated carbocycles. The number of anilines is 1. The molecule has 0 saturated heterocycles. The first-order valence-corrected chi connectivity index (χ1v) is 7.85. The van der Waals surface area contributed by atoms with Crippen LogP contribution in [0.1, 0.15) is 17.0 Å². The summed E-state index contributed by atoms with van der Waals surface area (Å²) in [6.45, 7) is 1.53. The van der Waals surface area contributed by atoms with Crippen molar-refractivity contribution in [2.45, 2.75) is 19.4 Å². The van der Waals surface area contributed by atoms with Crippen molar-refractivity contribution >= 4 is 32.5 Å². The molecule has 2 heterocycles. The summed E-state index contributed by atoms with van der Waals surface area (Å²) in [5.74, 6) is -1.58. The first kappa shape index (κ1) is 13.2. The molecule has 0 bridgehead atoms.